The van der Waals surface area contributed by atoms with Crippen molar-refractivity contribution in [3.8, 4) is 16.9 Å². The van der Waals surface area contributed by atoms with Crippen LogP contribution in [-0.4, -0.2) is 5.97 Å². The summed E-state index contributed by atoms with van der Waals surface area (Å²) in [6, 6.07) is 14.4. The zero-order chi connectivity index (χ0) is 26.4. The van der Waals surface area contributed by atoms with E-state index < -0.39 is 23.2 Å². The zero-order valence-electron chi connectivity index (χ0n) is 21.7. The van der Waals surface area contributed by atoms with Crippen LogP contribution in [0, 0.1) is 23.4 Å². The van der Waals surface area contributed by atoms with Gasteiger partial charge >= 0.3 is 5.97 Å². The quantitative estimate of drug-likeness (QED) is 0.213. The lowest BCUT2D eigenvalue weighted by Gasteiger charge is -2.29. The molecule has 5 heteroatoms. The number of hydrogen-bond donors (Lipinski definition) is 0. The van der Waals surface area contributed by atoms with Crippen molar-refractivity contribution in [2.75, 3.05) is 0 Å². The first-order valence-electron chi connectivity index (χ1n) is 13.5. The topological polar surface area (TPSA) is 26.3 Å². The van der Waals surface area contributed by atoms with Crippen LogP contribution in [0.15, 0.2) is 54.6 Å². The molecule has 0 aliphatic heterocycles. The maximum absolute atomic E-state index is 14.9. The summed E-state index contributed by atoms with van der Waals surface area (Å²) in [5, 5.41) is 0. The van der Waals surface area contributed by atoms with Gasteiger partial charge in [-0.05, 0) is 91.3 Å². The van der Waals surface area contributed by atoms with E-state index in [0.29, 0.717) is 22.6 Å². The van der Waals surface area contributed by atoms with Crippen molar-refractivity contribution in [2.45, 2.75) is 77.6 Å². The molecule has 0 atom stereocenters. The Bertz CT molecular complexity index is 1210. The van der Waals surface area contributed by atoms with Gasteiger partial charge in [-0.2, -0.15) is 0 Å². The first-order chi connectivity index (χ1) is 17.9. The maximum atomic E-state index is 14.9. The zero-order valence-corrected chi connectivity index (χ0v) is 21.7. The highest BCUT2D eigenvalue weighted by Gasteiger charge is 2.27. The third-order valence-corrected chi connectivity index (χ3v) is 7.54. The molecule has 1 saturated carbocycles. The summed E-state index contributed by atoms with van der Waals surface area (Å²) in [5.41, 5.74) is 1.95. The van der Waals surface area contributed by atoms with Crippen molar-refractivity contribution in [3.63, 3.8) is 0 Å². The number of unbranched alkanes of at least 4 members (excludes halogenated alkanes) is 1. The summed E-state index contributed by atoms with van der Waals surface area (Å²) < 4.78 is 49.8. The minimum atomic E-state index is -1.17. The van der Waals surface area contributed by atoms with Crippen LogP contribution < -0.4 is 4.74 Å². The van der Waals surface area contributed by atoms with Crippen LogP contribution >= 0.6 is 0 Å². The van der Waals surface area contributed by atoms with E-state index in [1.54, 1.807) is 24.3 Å². The Morgan fingerprint density at radius 2 is 1.59 bits per heavy atom. The fraction of sp³-hybridized carbons (Fsp3) is 0.406. The molecular weight excluding hydrogens is 473 g/mol. The molecule has 2 nitrogen and oxygen atoms in total. The van der Waals surface area contributed by atoms with E-state index in [4.69, 9.17) is 4.74 Å². The number of halogens is 3. The van der Waals surface area contributed by atoms with Gasteiger partial charge in [0.2, 0.25) is 0 Å². The number of rotatable bonds is 9. The molecule has 196 valence electrons. The van der Waals surface area contributed by atoms with E-state index in [1.807, 2.05) is 6.07 Å². The van der Waals surface area contributed by atoms with E-state index in [1.165, 1.54) is 30.7 Å². The third kappa shape index (κ3) is 6.44. The molecule has 3 aromatic rings. The number of aryl methyl sites for hydroxylation is 1. The van der Waals surface area contributed by atoms with Crippen molar-refractivity contribution in [1.29, 1.82) is 0 Å². The average Bonchev–Trinajstić information content (AvgIpc) is 2.90. The lowest BCUT2D eigenvalue weighted by atomic mass is 9.77. The van der Waals surface area contributed by atoms with Crippen LogP contribution in [0.5, 0.6) is 5.75 Å². The molecule has 0 radical (unpaired) electrons. The van der Waals surface area contributed by atoms with Gasteiger partial charge in [-0.15, -0.1) is 0 Å². The second kappa shape index (κ2) is 12.4. The number of ether oxygens (including phenoxy) is 1. The predicted molar refractivity (Wildman–Crippen MR) is 141 cm³/mol. The Balaban J connectivity index is 1.42. The molecule has 0 heterocycles. The van der Waals surface area contributed by atoms with Crippen molar-refractivity contribution in [3.05, 3.63) is 88.7 Å². The van der Waals surface area contributed by atoms with E-state index in [9.17, 15) is 18.0 Å². The van der Waals surface area contributed by atoms with Gasteiger partial charge in [0, 0.05) is 5.56 Å². The lowest BCUT2D eigenvalue weighted by Crippen LogP contribution is -2.17. The monoisotopic (exact) mass is 508 g/mol. The average molecular weight is 509 g/mol. The smallest absolute Gasteiger partial charge is 0.346 e. The Labute approximate surface area is 217 Å². The highest BCUT2D eigenvalue weighted by molar-refractivity contribution is 5.91. The molecule has 0 saturated heterocycles. The molecule has 0 bridgehead atoms. The standard InChI is InChI=1S/C32H35F3O2/c1-3-5-7-22-10-17-26(29(33)20-22)23-13-15-25(16-14-23)37-32(36)28-19-18-27(30(34)31(28)35)24-11-8-21(6-4-2)9-12-24/h10,13-21,24H,3-9,11-12H2,1-2H3. The Morgan fingerprint density at radius 3 is 2.24 bits per heavy atom. The number of hydrogen-bond acceptors (Lipinski definition) is 2. The number of esters is 1. The Morgan fingerprint density at radius 1 is 0.865 bits per heavy atom. The van der Waals surface area contributed by atoms with Gasteiger partial charge in [0.1, 0.15) is 11.6 Å². The third-order valence-electron chi connectivity index (χ3n) is 7.54. The van der Waals surface area contributed by atoms with Gasteiger partial charge in [-0.25, -0.2) is 18.0 Å². The number of benzene rings is 3. The van der Waals surface area contributed by atoms with Crippen LogP contribution in [-0.2, 0) is 6.42 Å². The Hall–Kier alpha value is -3.08. The molecule has 0 N–H and O–H groups in total. The van der Waals surface area contributed by atoms with E-state index in [2.05, 4.69) is 13.8 Å². The van der Waals surface area contributed by atoms with Crippen molar-refractivity contribution < 1.29 is 22.7 Å². The summed E-state index contributed by atoms with van der Waals surface area (Å²) in [6.07, 6.45) is 8.91. The summed E-state index contributed by atoms with van der Waals surface area (Å²) in [5.74, 6) is -2.59. The highest BCUT2D eigenvalue weighted by Crippen LogP contribution is 2.39. The van der Waals surface area contributed by atoms with Gasteiger partial charge in [0.15, 0.2) is 11.6 Å². The largest absolute Gasteiger partial charge is 0.423 e. The minimum absolute atomic E-state index is 0.0265. The molecule has 1 fully saturated rings. The SMILES string of the molecule is CCCCc1ccc(-c2ccc(OC(=O)c3ccc(C4CCC(CCC)CC4)c(F)c3F)cc2)c(F)c1. The summed E-state index contributed by atoms with van der Waals surface area (Å²) in [4.78, 5) is 12.6. The van der Waals surface area contributed by atoms with Gasteiger partial charge in [0.05, 0.1) is 5.56 Å². The van der Waals surface area contributed by atoms with Crippen LogP contribution in [0.25, 0.3) is 11.1 Å². The minimum Gasteiger partial charge on any atom is -0.423 e. The second-order valence-corrected chi connectivity index (χ2v) is 10.2. The highest BCUT2D eigenvalue weighted by atomic mass is 19.2. The molecule has 0 unspecified atom stereocenters. The molecule has 37 heavy (non-hydrogen) atoms. The summed E-state index contributed by atoms with van der Waals surface area (Å²) >= 11 is 0. The fourth-order valence-corrected chi connectivity index (χ4v) is 5.40. The van der Waals surface area contributed by atoms with Crippen LogP contribution in [0.1, 0.15) is 92.6 Å². The number of carbonyl (C=O) groups is 1. The van der Waals surface area contributed by atoms with Gasteiger partial charge < -0.3 is 4.74 Å². The van der Waals surface area contributed by atoms with Crippen molar-refractivity contribution in [1.82, 2.24) is 0 Å². The van der Waals surface area contributed by atoms with Gasteiger partial charge in [-0.3, -0.25) is 0 Å². The van der Waals surface area contributed by atoms with Gasteiger partial charge in [0.25, 0.3) is 0 Å². The van der Waals surface area contributed by atoms with Crippen LogP contribution in [0.4, 0.5) is 13.2 Å². The molecule has 4 rings (SSSR count). The normalized spacial score (nSPS) is 17.5. The fourth-order valence-electron chi connectivity index (χ4n) is 5.40. The lowest BCUT2D eigenvalue weighted by molar-refractivity contribution is 0.0728. The van der Waals surface area contributed by atoms with Crippen LogP contribution in [0.3, 0.4) is 0 Å². The van der Waals surface area contributed by atoms with Gasteiger partial charge in [-0.1, -0.05) is 63.4 Å². The van der Waals surface area contributed by atoms with Crippen molar-refractivity contribution in [2.24, 2.45) is 5.92 Å². The predicted octanol–water partition coefficient (Wildman–Crippen LogP) is 9.41. The Kier molecular flexibility index (Phi) is 9.07. The molecule has 0 spiro atoms. The molecule has 0 amide bonds. The molecule has 3 aromatic carbocycles. The second-order valence-electron chi connectivity index (χ2n) is 10.2. The summed E-state index contributed by atoms with van der Waals surface area (Å²) in [7, 11) is 0. The van der Waals surface area contributed by atoms with E-state index in [0.717, 1.165) is 56.9 Å². The van der Waals surface area contributed by atoms with Crippen molar-refractivity contribution >= 4 is 5.97 Å². The van der Waals surface area contributed by atoms with E-state index in [-0.39, 0.29) is 17.5 Å². The van der Waals surface area contributed by atoms with Crippen LogP contribution in [0.2, 0.25) is 0 Å². The summed E-state index contributed by atoms with van der Waals surface area (Å²) in [6.45, 7) is 4.26. The van der Waals surface area contributed by atoms with E-state index >= 15 is 0 Å². The number of carbonyl (C=O) groups excluding carboxylic acids is 1. The maximum Gasteiger partial charge on any atom is 0.346 e. The molecule has 0 aromatic heterocycles. The molecule has 1 aliphatic rings. The molecular formula is C32H35F3O2. The first kappa shape index (κ1) is 27.0. The molecule has 1 aliphatic carbocycles. The first-order valence-corrected chi connectivity index (χ1v) is 13.5.